The van der Waals surface area contributed by atoms with Gasteiger partial charge in [0.1, 0.15) is 15.7 Å². The molecule has 2 rings (SSSR count). The molecule has 1 aliphatic heterocycles. The molecule has 0 spiro atoms. The Kier molecular flexibility index (Phi) is 4.02. The SMILES string of the molecule is CS(=O)(=O)C[C@H]1CNCC[C@@H]1c1ccc(F)cc1. The molecule has 1 heterocycles. The van der Waals surface area contributed by atoms with Crippen LogP contribution in [0.5, 0.6) is 0 Å². The number of sulfone groups is 1. The summed E-state index contributed by atoms with van der Waals surface area (Å²) < 4.78 is 35.8. The maximum Gasteiger partial charge on any atom is 0.147 e. The number of rotatable bonds is 3. The van der Waals surface area contributed by atoms with E-state index in [0.29, 0.717) is 6.54 Å². The van der Waals surface area contributed by atoms with E-state index in [2.05, 4.69) is 5.32 Å². The number of benzene rings is 1. The minimum absolute atomic E-state index is 0.0687. The van der Waals surface area contributed by atoms with Crippen LogP contribution in [0, 0.1) is 11.7 Å². The maximum atomic E-state index is 12.9. The molecule has 0 radical (unpaired) electrons. The molecule has 1 aromatic carbocycles. The van der Waals surface area contributed by atoms with Gasteiger partial charge in [0.2, 0.25) is 0 Å². The van der Waals surface area contributed by atoms with Gasteiger partial charge >= 0.3 is 0 Å². The Hall–Kier alpha value is -0.940. The highest BCUT2D eigenvalue weighted by atomic mass is 32.2. The summed E-state index contributed by atoms with van der Waals surface area (Å²) in [7, 11) is -2.99. The summed E-state index contributed by atoms with van der Waals surface area (Å²) in [5.74, 6) is 0.190. The first-order valence-corrected chi connectivity index (χ1v) is 8.15. The summed E-state index contributed by atoms with van der Waals surface area (Å²) in [6.07, 6.45) is 2.16. The van der Waals surface area contributed by atoms with E-state index in [-0.39, 0.29) is 23.4 Å². The van der Waals surface area contributed by atoms with Gasteiger partial charge < -0.3 is 5.32 Å². The zero-order chi connectivity index (χ0) is 13.2. The molecule has 2 atom stereocenters. The van der Waals surface area contributed by atoms with E-state index in [1.165, 1.54) is 18.4 Å². The summed E-state index contributed by atoms with van der Waals surface area (Å²) in [5, 5.41) is 3.23. The Balaban J connectivity index is 2.20. The average Bonchev–Trinajstić information content (AvgIpc) is 2.29. The fourth-order valence-corrected chi connectivity index (χ4v) is 3.76. The van der Waals surface area contributed by atoms with Gasteiger partial charge in [-0.05, 0) is 49.0 Å². The molecule has 0 aromatic heterocycles. The van der Waals surface area contributed by atoms with Crippen molar-refractivity contribution in [2.75, 3.05) is 25.1 Å². The quantitative estimate of drug-likeness (QED) is 0.907. The van der Waals surface area contributed by atoms with Gasteiger partial charge in [0.05, 0.1) is 5.75 Å². The minimum atomic E-state index is -2.99. The van der Waals surface area contributed by atoms with Crippen molar-refractivity contribution in [2.45, 2.75) is 12.3 Å². The van der Waals surface area contributed by atoms with E-state index < -0.39 is 9.84 Å². The van der Waals surface area contributed by atoms with Gasteiger partial charge in [-0.15, -0.1) is 0 Å². The number of hydrogen-bond acceptors (Lipinski definition) is 3. The Bertz CT molecular complexity index is 498. The Morgan fingerprint density at radius 1 is 1.33 bits per heavy atom. The van der Waals surface area contributed by atoms with E-state index in [0.717, 1.165) is 18.5 Å². The molecule has 0 bridgehead atoms. The normalized spacial score (nSPS) is 25.0. The second kappa shape index (κ2) is 5.36. The maximum absolute atomic E-state index is 12.9. The molecular weight excluding hydrogens is 253 g/mol. The summed E-state index contributed by atoms with van der Waals surface area (Å²) >= 11 is 0. The molecule has 1 N–H and O–H groups in total. The second-order valence-electron chi connectivity index (χ2n) is 5.00. The van der Waals surface area contributed by atoms with E-state index >= 15 is 0 Å². The third-order valence-corrected chi connectivity index (χ3v) is 4.46. The highest BCUT2D eigenvalue weighted by Gasteiger charge is 2.28. The highest BCUT2D eigenvalue weighted by Crippen LogP contribution is 2.31. The lowest BCUT2D eigenvalue weighted by molar-refractivity contribution is 0.350. The molecule has 1 aliphatic rings. The Morgan fingerprint density at radius 2 is 2.00 bits per heavy atom. The van der Waals surface area contributed by atoms with Crippen LogP contribution < -0.4 is 5.32 Å². The number of halogens is 1. The molecule has 0 unspecified atom stereocenters. The lowest BCUT2D eigenvalue weighted by Gasteiger charge is -2.32. The number of nitrogens with one attached hydrogen (secondary N) is 1. The van der Waals surface area contributed by atoms with Gasteiger partial charge in [-0.1, -0.05) is 12.1 Å². The fourth-order valence-electron chi connectivity index (χ4n) is 2.64. The van der Waals surface area contributed by atoms with Crippen LogP contribution in [0.2, 0.25) is 0 Å². The summed E-state index contributed by atoms with van der Waals surface area (Å²) in [4.78, 5) is 0. The van der Waals surface area contributed by atoms with Crippen molar-refractivity contribution >= 4 is 9.84 Å². The summed E-state index contributed by atoms with van der Waals surface area (Å²) in [6.45, 7) is 1.58. The van der Waals surface area contributed by atoms with Gasteiger partial charge in [-0.2, -0.15) is 0 Å². The predicted molar refractivity (Wildman–Crippen MR) is 69.8 cm³/mol. The third kappa shape index (κ3) is 3.53. The largest absolute Gasteiger partial charge is 0.316 e. The van der Waals surface area contributed by atoms with E-state index in [4.69, 9.17) is 0 Å². The zero-order valence-electron chi connectivity index (χ0n) is 10.4. The van der Waals surface area contributed by atoms with Crippen LogP contribution in [0.1, 0.15) is 17.9 Å². The van der Waals surface area contributed by atoms with Gasteiger partial charge in [0.25, 0.3) is 0 Å². The molecule has 5 heteroatoms. The molecule has 3 nitrogen and oxygen atoms in total. The van der Waals surface area contributed by atoms with Gasteiger partial charge in [0, 0.05) is 6.26 Å². The number of piperidine rings is 1. The van der Waals surface area contributed by atoms with Crippen LogP contribution in [0.15, 0.2) is 24.3 Å². The third-order valence-electron chi connectivity index (χ3n) is 3.42. The van der Waals surface area contributed by atoms with Crippen LogP contribution in [0.4, 0.5) is 4.39 Å². The zero-order valence-corrected chi connectivity index (χ0v) is 11.2. The standard InChI is InChI=1S/C13H18FNO2S/c1-18(16,17)9-11-8-15-7-6-13(11)10-2-4-12(14)5-3-10/h2-5,11,13,15H,6-9H2,1H3/t11-,13-/m1/s1. The Labute approximate surface area is 107 Å². The van der Waals surface area contributed by atoms with Gasteiger partial charge in [0.15, 0.2) is 0 Å². The van der Waals surface area contributed by atoms with Crippen LogP contribution in [-0.2, 0) is 9.84 Å². The van der Waals surface area contributed by atoms with Crippen molar-refractivity contribution in [3.63, 3.8) is 0 Å². The Morgan fingerprint density at radius 3 is 2.61 bits per heavy atom. The lowest BCUT2D eigenvalue weighted by Crippen LogP contribution is -2.38. The van der Waals surface area contributed by atoms with Crippen LogP contribution in [0.25, 0.3) is 0 Å². The van der Waals surface area contributed by atoms with Crippen LogP contribution >= 0.6 is 0 Å². The topological polar surface area (TPSA) is 46.2 Å². The van der Waals surface area contributed by atoms with Crippen molar-refractivity contribution in [3.05, 3.63) is 35.6 Å². The molecule has 1 aromatic rings. The number of hydrogen-bond donors (Lipinski definition) is 1. The average molecular weight is 271 g/mol. The van der Waals surface area contributed by atoms with Gasteiger partial charge in [-0.3, -0.25) is 0 Å². The monoisotopic (exact) mass is 271 g/mol. The highest BCUT2D eigenvalue weighted by molar-refractivity contribution is 7.90. The molecule has 1 fully saturated rings. The first kappa shape index (κ1) is 13.5. The van der Waals surface area contributed by atoms with Crippen LogP contribution in [-0.4, -0.2) is 33.5 Å². The molecule has 0 saturated carbocycles. The molecule has 0 aliphatic carbocycles. The van der Waals surface area contributed by atoms with Crippen LogP contribution in [0.3, 0.4) is 0 Å². The van der Waals surface area contributed by atoms with Crippen molar-refractivity contribution < 1.29 is 12.8 Å². The summed E-state index contributed by atoms with van der Waals surface area (Å²) in [6, 6.07) is 6.41. The molecule has 18 heavy (non-hydrogen) atoms. The smallest absolute Gasteiger partial charge is 0.147 e. The molecule has 1 saturated heterocycles. The van der Waals surface area contributed by atoms with Crippen molar-refractivity contribution in [1.29, 1.82) is 0 Å². The lowest BCUT2D eigenvalue weighted by atomic mass is 9.82. The first-order valence-electron chi connectivity index (χ1n) is 6.09. The molecular formula is C13H18FNO2S. The van der Waals surface area contributed by atoms with Crippen molar-refractivity contribution in [2.24, 2.45) is 5.92 Å². The van der Waals surface area contributed by atoms with E-state index in [1.807, 2.05) is 0 Å². The van der Waals surface area contributed by atoms with Crippen molar-refractivity contribution in [3.8, 4) is 0 Å². The first-order chi connectivity index (χ1) is 8.46. The van der Waals surface area contributed by atoms with Gasteiger partial charge in [-0.25, -0.2) is 12.8 Å². The summed E-state index contributed by atoms with van der Waals surface area (Å²) in [5.41, 5.74) is 1.03. The minimum Gasteiger partial charge on any atom is -0.316 e. The fraction of sp³-hybridized carbons (Fsp3) is 0.538. The van der Waals surface area contributed by atoms with E-state index in [9.17, 15) is 12.8 Å². The molecule has 0 amide bonds. The van der Waals surface area contributed by atoms with E-state index in [1.54, 1.807) is 12.1 Å². The molecule has 100 valence electrons. The predicted octanol–water partition coefficient (Wildman–Crippen LogP) is 1.56. The van der Waals surface area contributed by atoms with Crippen molar-refractivity contribution in [1.82, 2.24) is 5.32 Å². The second-order valence-corrected chi connectivity index (χ2v) is 7.19.